The van der Waals surface area contributed by atoms with E-state index < -0.39 is 30.2 Å². The first-order valence-corrected chi connectivity index (χ1v) is 5.35. The van der Waals surface area contributed by atoms with Crippen LogP contribution in [-0.4, -0.2) is 38.1 Å². The Hall–Kier alpha value is -1.88. The van der Waals surface area contributed by atoms with Crippen molar-refractivity contribution in [1.29, 1.82) is 0 Å². The van der Waals surface area contributed by atoms with Gasteiger partial charge in [-0.05, 0) is 6.07 Å². The summed E-state index contributed by atoms with van der Waals surface area (Å²) < 4.78 is 6.57. The molecule has 1 saturated heterocycles. The van der Waals surface area contributed by atoms with E-state index in [0.717, 1.165) is 0 Å². The van der Waals surface area contributed by atoms with E-state index in [1.165, 1.54) is 16.8 Å². The number of nitrogens with two attached hydrogens (primary N) is 1. The number of hydrogen-bond acceptors (Lipinski definition) is 6. The van der Waals surface area contributed by atoms with Crippen molar-refractivity contribution in [2.45, 2.75) is 31.0 Å². The summed E-state index contributed by atoms with van der Waals surface area (Å²) in [6.07, 6.45) is 2.84. The molecule has 0 amide bonds. The predicted molar refractivity (Wildman–Crippen MR) is 62.3 cm³/mol. The second-order valence-corrected chi connectivity index (χ2v) is 4.01. The molecule has 96 valence electrons. The fourth-order valence-corrected chi connectivity index (χ4v) is 1.87. The second-order valence-electron chi connectivity index (χ2n) is 4.01. The van der Waals surface area contributed by atoms with Crippen molar-refractivity contribution in [1.82, 2.24) is 9.55 Å². The lowest BCUT2D eigenvalue weighted by Gasteiger charge is -2.17. The molecular formula is C11H13N3O4. The number of terminal acetylenes is 1. The molecular weight excluding hydrogens is 238 g/mol. The maximum atomic E-state index is 11.6. The van der Waals surface area contributed by atoms with Crippen molar-refractivity contribution in [3.05, 3.63) is 22.7 Å². The van der Waals surface area contributed by atoms with E-state index in [4.69, 9.17) is 16.9 Å². The SMILES string of the molecule is C#CC(O)[C@H]1O[C@@H](n2ccc(N)nc2=O)C[C@@H]1O. The van der Waals surface area contributed by atoms with E-state index in [1.54, 1.807) is 0 Å². The van der Waals surface area contributed by atoms with Crippen molar-refractivity contribution in [3.8, 4) is 12.3 Å². The zero-order chi connectivity index (χ0) is 13.3. The molecule has 0 aliphatic carbocycles. The Morgan fingerprint density at radius 2 is 2.44 bits per heavy atom. The maximum Gasteiger partial charge on any atom is 0.351 e. The van der Waals surface area contributed by atoms with Crippen molar-refractivity contribution in [2.24, 2.45) is 0 Å². The number of hydrogen-bond donors (Lipinski definition) is 3. The summed E-state index contributed by atoms with van der Waals surface area (Å²) in [7, 11) is 0. The summed E-state index contributed by atoms with van der Waals surface area (Å²) in [5, 5.41) is 19.2. The predicted octanol–water partition coefficient (Wildman–Crippen LogP) is -1.53. The largest absolute Gasteiger partial charge is 0.390 e. The van der Waals surface area contributed by atoms with Gasteiger partial charge in [0.25, 0.3) is 0 Å². The summed E-state index contributed by atoms with van der Waals surface area (Å²) in [4.78, 5) is 15.1. The van der Waals surface area contributed by atoms with Gasteiger partial charge < -0.3 is 20.7 Å². The molecule has 1 aromatic heterocycles. The highest BCUT2D eigenvalue weighted by Gasteiger charge is 2.39. The fourth-order valence-electron chi connectivity index (χ4n) is 1.87. The van der Waals surface area contributed by atoms with Gasteiger partial charge in [-0.15, -0.1) is 6.42 Å². The first-order valence-electron chi connectivity index (χ1n) is 5.35. The normalized spacial score (nSPS) is 28.8. The molecule has 1 unspecified atom stereocenters. The first-order chi connectivity index (χ1) is 8.52. The Balaban J connectivity index is 2.22. The van der Waals surface area contributed by atoms with Gasteiger partial charge in [-0.1, -0.05) is 5.92 Å². The van der Waals surface area contributed by atoms with Gasteiger partial charge in [0, 0.05) is 12.6 Å². The van der Waals surface area contributed by atoms with Crippen molar-refractivity contribution >= 4 is 5.82 Å². The minimum absolute atomic E-state index is 0.106. The molecule has 1 aromatic rings. The van der Waals surface area contributed by atoms with Gasteiger partial charge in [0.1, 0.15) is 24.3 Å². The van der Waals surface area contributed by atoms with Gasteiger partial charge in [0.05, 0.1) is 6.10 Å². The molecule has 4 atom stereocenters. The molecule has 18 heavy (non-hydrogen) atoms. The summed E-state index contributed by atoms with van der Waals surface area (Å²) in [5.41, 5.74) is 4.79. The van der Waals surface area contributed by atoms with Crippen LogP contribution < -0.4 is 11.4 Å². The summed E-state index contributed by atoms with van der Waals surface area (Å²) in [6.45, 7) is 0. The average molecular weight is 251 g/mol. The fraction of sp³-hybridized carbons (Fsp3) is 0.455. The first kappa shape index (κ1) is 12.6. The number of nitrogens with zero attached hydrogens (tertiary/aromatic N) is 2. The monoisotopic (exact) mass is 251 g/mol. The van der Waals surface area contributed by atoms with Crippen LogP contribution in [0.25, 0.3) is 0 Å². The molecule has 2 rings (SSSR count). The highest BCUT2D eigenvalue weighted by molar-refractivity contribution is 5.23. The van der Waals surface area contributed by atoms with Gasteiger partial charge in [-0.2, -0.15) is 4.98 Å². The average Bonchev–Trinajstić information content (AvgIpc) is 2.70. The van der Waals surface area contributed by atoms with Crippen molar-refractivity contribution in [3.63, 3.8) is 0 Å². The Morgan fingerprint density at radius 1 is 1.72 bits per heavy atom. The van der Waals surface area contributed by atoms with Crippen LogP contribution in [0.15, 0.2) is 17.1 Å². The van der Waals surface area contributed by atoms with Crippen LogP contribution in [0.1, 0.15) is 12.6 Å². The lowest BCUT2D eigenvalue weighted by atomic mass is 10.1. The minimum Gasteiger partial charge on any atom is -0.390 e. The second kappa shape index (κ2) is 4.78. The van der Waals surface area contributed by atoms with E-state index in [9.17, 15) is 15.0 Å². The zero-order valence-corrected chi connectivity index (χ0v) is 9.43. The lowest BCUT2D eigenvalue weighted by molar-refractivity contribution is -0.0655. The maximum absolute atomic E-state index is 11.6. The van der Waals surface area contributed by atoms with Crippen LogP contribution in [0.3, 0.4) is 0 Å². The van der Waals surface area contributed by atoms with Crippen LogP contribution >= 0.6 is 0 Å². The van der Waals surface area contributed by atoms with E-state index in [1.807, 2.05) is 0 Å². The summed E-state index contributed by atoms with van der Waals surface area (Å²) in [6, 6.07) is 1.45. The molecule has 0 saturated carbocycles. The summed E-state index contributed by atoms with van der Waals surface area (Å²) >= 11 is 0. The van der Waals surface area contributed by atoms with Gasteiger partial charge >= 0.3 is 5.69 Å². The van der Waals surface area contributed by atoms with Gasteiger partial charge in [0.2, 0.25) is 0 Å². The number of aliphatic hydroxyl groups excluding tert-OH is 2. The lowest BCUT2D eigenvalue weighted by Crippen LogP contribution is -2.33. The van der Waals surface area contributed by atoms with Crippen LogP contribution in [0.5, 0.6) is 0 Å². The van der Waals surface area contributed by atoms with E-state index in [-0.39, 0.29) is 12.2 Å². The molecule has 1 aliphatic heterocycles. The van der Waals surface area contributed by atoms with Crippen molar-refractivity contribution < 1.29 is 14.9 Å². The third-order valence-corrected chi connectivity index (χ3v) is 2.78. The van der Waals surface area contributed by atoms with Crippen LogP contribution in [0.4, 0.5) is 5.82 Å². The molecule has 0 spiro atoms. The molecule has 7 nitrogen and oxygen atoms in total. The molecule has 7 heteroatoms. The van der Waals surface area contributed by atoms with E-state index >= 15 is 0 Å². The number of ether oxygens (including phenoxy) is 1. The smallest absolute Gasteiger partial charge is 0.351 e. The number of aliphatic hydroxyl groups is 2. The highest BCUT2D eigenvalue weighted by atomic mass is 16.5. The molecule has 0 bridgehead atoms. The summed E-state index contributed by atoms with van der Waals surface area (Å²) in [5.74, 6) is 2.19. The molecule has 0 radical (unpaired) electrons. The Bertz CT molecular complexity index is 536. The minimum atomic E-state index is -1.22. The Kier molecular flexibility index (Phi) is 3.34. The molecule has 2 heterocycles. The number of nitrogen functional groups attached to an aromatic ring is 1. The van der Waals surface area contributed by atoms with Crippen molar-refractivity contribution in [2.75, 3.05) is 5.73 Å². The topological polar surface area (TPSA) is 111 Å². The third kappa shape index (κ3) is 2.22. The number of rotatable bonds is 2. The van der Waals surface area contributed by atoms with Gasteiger partial charge in [-0.25, -0.2) is 4.79 Å². The Labute approximate surface area is 103 Å². The van der Waals surface area contributed by atoms with Gasteiger partial charge in [0.15, 0.2) is 0 Å². The number of anilines is 1. The van der Waals surface area contributed by atoms with E-state index in [0.29, 0.717) is 0 Å². The molecule has 4 N–H and O–H groups in total. The highest BCUT2D eigenvalue weighted by Crippen LogP contribution is 2.29. The molecule has 0 aromatic carbocycles. The zero-order valence-electron chi connectivity index (χ0n) is 9.43. The van der Waals surface area contributed by atoms with E-state index in [2.05, 4.69) is 10.9 Å². The van der Waals surface area contributed by atoms with Crippen LogP contribution in [0.2, 0.25) is 0 Å². The third-order valence-electron chi connectivity index (χ3n) is 2.78. The number of aromatic nitrogens is 2. The van der Waals surface area contributed by atoms with Crippen LogP contribution in [-0.2, 0) is 4.74 Å². The standard InChI is InChI=1S/C11H13N3O4/c1-2-6(15)10-7(16)5-9(18-10)14-4-3-8(12)13-11(14)17/h1,3-4,6-7,9-10,15-16H,5H2,(H2,12,13,17)/t6?,7-,9+,10+/m0/s1. The molecule has 1 fully saturated rings. The molecule has 1 aliphatic rings. The quantitative estimate of drug-likeness (QED) is 0.550. The van der Waals surface area contributed by atoms with Gasteiger partial charge in [-0.3, -0.25) is 4.57 Å². The Morgan fingerprint density at radius 3 is 3.06 bits per heavy atom. The van der Waals surface area contributed by atoms with Crippen LogP contribution in [0, 0.1) is 12.3 Å².